The van der Waals surface area contributed by atoms with Crippen LogP contribution in [0.5, 0.6) is 5.75 Å². The molecule has 1 aromatic carbocycles. The number of aliphatic carboxylic acids is 1. The standard InChI is InChI=1S/C14H18FNO3/c1-9(11-6-5-10(17)8-12(11)15)16-7-3-2-4-13(16)14(18)19/h5-6,8-9,13,17H,2-4,7H2,1H3,(H,18,19). The maximum absolute atomic E-state index is 13.8. The molecule has 104 valence electrons. The molecule has 2 rings (SSSR count). The summed E-state index contributed by atoms with van der Waals surface area (Å²) in [5.74, 6) is -1.48. The maximum Gasteiger partial charge on any atom is 0.320 e. The van der Waals surface area contributed by atoms with Crippen LogP contribution in [0.15, 0.2) is 18.2 Å². The molecule has 0 spiro atoms. The number of phenols is 1. The Morgan fingerprint density at radius 1 is 1.47 bits per heavy atom. The summed E-state index contributed by atoms with van der Waals surface area (Å²) in [5.41, 5.74) is 0.422. The number of hydrogen-bond donors (Lipinski definition) is 2. The van der Waals surface area contributed by atoms with Gasteiger partial charge in [0.2, 0.25) is 0 Å². The number of benzene rings is 1. The summed E-state index contributed by atoms with van der Waals surface area (Å²) < 4.78 is 13.8. The first-order chi connectivity index (χ1) is 9.00. The first kappa shape index (κ1) is 13.8. The third-order valence-electron chi connectivity index (χ3n) is 3.76. The summed E-state index contributed by atoms with van der Waals surface area (Å²) in [5, 5.41) is 18.5. The normalized spacial score (nSPS) is 22.1. The highest BCUT2D eigenvalue weighted by molar-refractivity contribution is 5.73. The number of hydrogen-bond acceptors (Lipinski definition) is 3. The molecule has 0 aromatic heterocycles. The number of phenolic OH excluding ortho intramolecular Hbond substituents is 1. The van der Waals surface area contributed by atoms with Crippen LogP contribution < -0.4 is 0 Å². The van der Waals surface area contributed by atoms with Gasteiger partial charge in [-0.1, -0.05) is 12.5 Å². The Morgan fingerprint density at radius 2 is 2.21 bits per heavy atom. The van der Waals surface area contributed by atoms with Crippen LogP contribution in [0, 0.1) is 5.82 Å². The fraction of sp³-hybridized carbons (Fsp3) is 0.500. The number of likely N-dealkylation sites (tertiary alicyclic amines) is 1. The molecule has 0 aliphatic carbocycles. The fourth-order valence-electron chi connectivity index (χ4n) is 2.72. The van der Waals surface area contributed by atoms with Gasteiger partial charge in [-0.3, -0.25) is 9.69 Å². The zero-order valence-corrected chi connectivity index (χ0v) is 10.8. The maximum atomic E-state index is 13.8. The zero-order chi connectivity index (χ0) is 14.0. The Balaban J connectivity index is 2.25. The molecule has 19 heavy (non-hydrogen) atoms. The van der Waals surface area contributed by atoms with Crippen molar-refractivity contribution in [2.75, 3.05) is 6.54 Å². The van der Waals surface area contributed by atoms with Crippen LogP contribution in [-0.4, -0.2) is 33.7 Å². The Bertz CT molecular complexity index is 478. The quantitative estimate of drug-likeness (QED) is 0.883. The lowest BCUT2D eigenvalue weighted by Crippen LogP contribution is -2.45. The van der Waals surface area contributed by atoms with E-state index >= 15 is 0 Å². The van der Waals surface area contributed by atoms with Gasteiger partial charge < -0.3 is 10.2 Å². The smallest absolute Gasteiger partial charge is 0.320 e. The van der Waals surface area contributed by atoms with E-state index in [2.05, 4.69) is 0 Å². The van der Waals surface area contributed by atoms with Crippen LogP contribution in [0.3, 0.4) is 0 Å². The van der Waals surface area contributed by atoms with Gasteiger partial charge in [0.1, 0.15) is 17.6 Å². The molecule has 4 nitrogen and oxygen atoms in total. The first-order valence-corrected chi connectivity index (χ1v) is 6.47. The summed E-state index contributed by atoms with van der Waals surface area (Å²) in [6, 6.07) is 3.13. The monoisotopic (exact) mass is 267 g/mol. The summed E-state index contributed by atoms with van der Waals surface area (Å²) in [7, 11) is 0. The molecule has 1 aliphatic rings. The topological polar surface area (TPSA) is 60.8 Å². The molecule has 1 heterocycles. The molecule has 5 heteroatoms. The summed E-state index contributed by atoms with van der Waals surface area (Å²) in [4.78, 5) is 13.1. The molecule has 1 aromatic rings. The number of carboxylic acids is 1. The summed E-state index contributed by atoms with van der Waals surface area (Å²) in [6.45, 7) is 2.45. The van der Waals surface area contributed by atoms with E-state index < -0.39 is 17.8 Å². The van der Waals surface area contributed by atoms with Gasteiger partial charge in [0.05, 0.1) is 0 Å². The largest absolute Gasteiger partial charge is 0.508 e. The Labute approximate surface area is 111 Å². The lowest BCUT2D eigenvalue weighted by atomic mass is 9.97. The van der Waals surface area contributed by atoms with Crippen molar-refractivity contribution in [3.05, 3.63) is 29.6 Å². The van der Waals surface area contributed by atoms with Crippen molar-refractivity contribution in [3.8, 4) is 5.75 Å². The highest BCUT2D eigenvalue weighted by Crippen LogP contribution is 2.31. The Morgan fingerprint density at radius 3 is 2.84 bits per heavy atom. The Hall–Kier alpha value is -1.62. The predicted molar refractivity (Wildman–Crippen MR) is 68.5 cm³/mol. The van der Waals surface area contributed by atoms with Crippen molar-refractivity contribution in [3.63, 3.8) is 0 Å². The van der Waals surface area contributed by atoms with Crippen LogP contribution in [0.2, 0.25) is 0 Å². The second-order valence-electron chi connectivity index (χ2n) is 4.97. The number of carboxylic acid groups (broad SMARTS) is 1. The summed E-state index contributed by atoms with van der Waals surface area (Å²) >= 11 is 0. The molecule has 2 N–H and O–H groups in total. The van der Waals surface area contributed by atoms with Gasteiger partial charge in [-0.05, 0) is 32.4 Å². The molecular formula is C14H18FNO3. The number of halogens is 1. The molecule has 1 saturated heterocycles. The third-order valence-corrected chi connectivity index (χ3v) is 3.76. The number of rotatable bonds is 3. The van der Waals surface area contributed by atoms with Gasteiger partial charge in [-0.2, -0.15) is 0 Å². The van der Waals surface area contributed by atoms with E-state index in [0.717, 1.165) is 18.9 Å². The molecular weight excluding hydrogens is 249 g/mol. The minimum Gasteiger partial charge on any atom is -0.508 e. The van der Waals surface area contributed by atoms with Gasteiger partial charge in [-0.25, -0.2) is 4.39 Å². The minimum absolute atomic E-state index is 0.123. The first-order valence-electron chi connectivity index (χ1n) is 6.47. The third kappa shape index (κ3) is 2.87. The van der Waals surface area contributed by atoms with Gasteiger partial charge in [0.15, 0.2) is 0 Å². The van der Waals surface area contributed by atoms with Crippen molar-refractivity contribution < 1.29 is 19.4 Å². The minimum atomic E-state index is -0.856. The molecule has 0 bridgehead atoms. The molecule has 2 atom stereocenters. The van der Waals surface area contributed by atoms with Crippen LogP contribution >= 0.6 is 0 Å². The highest BCUT2D eigenvalue weighted by Gasteiger charge is 2.33. The van der Waals surface area contributed by atoms with Gasteiger partial charge in [0.25, 0.3) is 0 Å². The van der Waals surface area contributed by atoms with Crippen molar-refractivity contribution in [1.29, 1.82) is 0 Å². The average Bonchev–Trinajstić information content (AvgIpc) is 2.38. The van der Waals surface area contributed by atoms with Crippen LogP contribution in [0.4, 0.5) is 4.39 Å². The van der Waals surface area contributed by atoms with Crippen molar-refractivity contribution in [1.82, 2.24) is 4.90 Å². The average molecular weight is 267 g/mol. The van der Waals surface area contributed by atoms with Crippen LogP contribution in [-0.2, 0) is 4.79 Å². The molecule has 0 amide bonds. The second-order valence-corrected chi connectivity index (χ2v) is 4.97. The fourth-order valence-corrected chi connectivity index (χ4v) is 2.72. The zero-order valence-electron chi connectivity index (χ0n) is 10.8. The van der Waals surface area contributed by atoms with Gasteiger partial charge >= 0.3 is 5.97 Å². The SMILES string of the molecule is CC(c1ccc(O)cc1F)N1CCCCC1C(=O)O. The molecule has 0 radical (unpaired) electrons. The lowest BCUT2D eigenvalue weighted by Gasteiger charge is -2.37. The number of aromatic hydroxyl groups is 1. The number of carbonyl (C=O) groups is 1. The summed E-state index contributed by atoms with van der Waals surface area (Å²) in [6.07, 6.45) is 2.41. The van der Waals surface area contributed by atoms with Crippen LogP contribution in [0.1, 0.15) is 37.8 Å². The van der Waals surface area contributed by atoms with E-state index in [1.54, 1.807) is 6.92 Å². The molecule has 0 saturated carbocycles. The van der Waals surface area contributed by atoms with E-state index in [0.29, 0.717) is 18.5 Å². The number of piperidine rings is 1. The Kier molecular flexibility index (Phi) is 4.04. The van der Waals surface area contributed by atoms with E-state index in [1.165, 1.54) is 12.1 Å². The van der Waals surface area contributed by atoms with Crippen LogP contribution in [0.25, 0.3) is 0 Å². The van der Waals surface area contributed by atoms with Gasteiger partial charge in [-0.15, -0.1) is 0 Å². The van der Waals surface area contributed by atoms with E-state index in [9.17, 15) is 19.4 Å². The predicted octanol–water partition coefficient (Wildman–Crippen LogP) is 2.53. The van der Waals surface area contributed by atoms with Crippen molar-refractivity contribution in [2.45, 2.75) is 38.3 Å². The molecule has 2 unspecified atom stereocenters. The van der Waals surface area contributed by atoms with E-state index in [4.69, 9.17) is 0 Å². The highest BCUT2D eigenvalue weighted by atomic mass is 19.1. The molecule has 1 aliphatic heterocycles. The van der Waals surface area contributed by atoms with E-state index in [1.807, 2.05) is 4.90 Å². The van der Waals surface area contributed by atoms with Crippen molar-refractivity contribution >= 4 is 5.97 Å². The number of nitrogens with zero attached hydrogens (tertiary/aromatic N) is 1. The van der Waals surface area contributed by atoms with Gasteiger partial charge in [0, 0.05) is 17.7 Å². The van der Waals surface area contributed by atoms with E-state index in [-0.39, 0.29) is 11.8 Å². The second kappa shape index (κ2) is 5.57. The van der Waals surface area contributed by atoms with Crippen molar-refractivity contribution in [2.24, 2.45) is 0 Å². The molecule has 1 fully saturated rings. The lowest BCUT2D eigenvalue weighted by molar-refractivity contribution is -0.145.